The molecule has 1 heterocycles. The third-order valence-corrected chi connectivity index (χ3v) is 4.13. The number of likely N-dealkylation sites (tertiary alicyclic amines) is 1. The summed E-state index contributed by atoms with van der Waals surface area (Å²) in [5.74, 6) is 2.16. The van der Waals surface area contributed by atoms with Crippen LogP contribution in [0.15, 0.2) is 4.99 Å². The quantitative estimate of drug-likeness (QED) is 0.408. The molecule has 2 unspecified atom stereocenters. The van der Waals surface area contributed by atoms with E-state index < -0.39 is 0 Å². The summed E-state index contributed by atoms with van der Waals surface area (Å²) in [6, 6.07) is 1.09. The lowest BCUT2D eigenvalue weighted by atomic mass is 10.1. The van der Waals surface area contributed by atoms with Gasteiger partial charge in [0.05, 0.1) is 0 Å². The summed E-state index contributed by atoms with van der Waals surface area (Å²) in [6.45, 7) is 16.0. The SMILES string of the molecule is CN=C(NCCCOCC(C)C)NC1CN(C(C)C)CC1C. The second-order valence-electron chi connectivity index (χ2n) is 7.10. The van der Waals surface area contributed by atoms with Crippen LogP contribution >= 0.6 is 0 Å². The summed E-state index contributed by atoms with van der Waals surface area (Å²) in [4.78, 5) is 6.86. The molecule has 0 aromatic carbocycles. The van der Waals surface area contributed by atoms with Crippen LogP contribution in [0.1, 0.15) is 41.0 Å². The van der Waals surface area contributed by atoms with Gasteiger partial charge in [0.1, 0.15) is 0 Å². The minimum Gasteiger partial charge on any atom is -0.381 e. The standard InChI is InChI=1S/C17H36N4O/c1-13(2)12-22-9-7-8-19-17(18-6)20-16-11-21(14(3)4)10-15(16)5/h13-16H,7-12H2,1-6H3,(H2,18,19,20). The van der Waals surface area contributed by atoms with Gasteiger partial charge in [-0.05, 0) is 32.1 Å². The van der Waals surface area contributed by atoms with E-state index in [0.29, 0.717) is 23.9 Å². The Balaban J connectivity index is 2.22. The van der Waals surface area contributed by atoms with E-state index >= 15 is 0 Å². The van der Waals surface area contributed by atoms with Crippen molar-refractivity contribution in [2.45, 2.75) is 53.1 Å². The van der Waals surface area contributed by atoms with E-state index in [1.807, 2.05) is 7.05 Å². The number of ether oxygens (including phenoxy) is 1. The van der Waals surface area contributed by atoms with Crippen LogP contribution in [0.3, 0.4) is 0 Å². The van der Waals surface area contributed by atoms with Gasteiger partial charge in [-0.3, -0.25) is 9.89 Å². The van der Waals surface area contributed by atoms with Crippen LogP contribution in [0.4, 0.5) is 0 Å². The molecule has 0 aromatic rings. The molecule has 5 nitrogen and oxygen atoms in total. The molecule has 1 aliphatic rings. The topological polar surface area (TPSA) is 48.9 Å². The molecule has 0 aromatic heterocycles. The first-order chi connectivity index (χ1) is 10.4. The zero-order valence-corrected chi connectivity index (χ0v) is 15.4. The van der Waals surface area contributed by atoms with Gasteiger partial charge in [-0.15, -0.1) is 0 Å². The van der Waals surface area contributed by atoms with Crippen LogP contribution < -0.4 is 10.6 Å². The highest BCUT2D eigenvalue weighted by atomic mass is 16.5. The minimum atomic E-state index is 0.478. The maximum atomic E-state index is 5.59. The molecule has 5 heteroatoms. The molecule has 1 saturated heterocycles. The second kappa shape index (κ2) is 10.1. The molecule has 0 saturated carbocycles. The number of guanidine groups is 1. The van der Waals surface area contributed by atoms with E-state index in [9.17, 15) is 0 Å². The molecular weight excluding hydrogens is 276 g/mol. The summed E-state index contributed by atoms with van der Waals surface area (Å²) < 4.78 is 5.59. The van der Waals surface area contributed by atoms with Gasteiger partial charge in [0, 0.05) is 52.0 Å². The summed E-state index contributed by atoms with van der Waals surface area (Å²) in [6.07, 6.45) is 1.01. The number of rotatable bonds is 8. The molecule has 130 valence electrons. The second-order valence-corrected chi connectivity index (χ2v) is 7.10. The predicted octanol–water partition coefficient (Wildman–Crippen LogP) is 1.94. The third kappa shape index (κ3) is 6.97. The molecule has 2 N–H and O–H groups in total. The zero-order valence-electron chi connectivity index (χ0n) is 15.4. The molecule has 0 aliphatic carbocycles. The van der Waals surface area contributed by atoms with E-state index in [0.717, 1.165) is 45.2 Å². The Morgan fingerprint density at radius 2 is 2.00 bits per heavy atom. The molecular formula is C17H36N4O. The fraction of sp³-hybridized carbons (Fsp3) is 0.941. The highest BCUT2D eigenvalue weighted by Crippen LogP contribution is 2.18. The summed E-state index contributed by atoms with van der Waals surface area (Å²) in [5.41, 5.74) is 0. The molecule has 0 bridgehead atoms. The molecule has 0 radical (unpaired) electrons. The van der Waals surface area contributed by atoms with E-state index in [2.05, 4.69) is 55.1 Å². The van der Waals surface area contributed by atoms with Gasteiger partial charge in [-0.1, -0.05) is 20.8 Å². The van der Waals surface area contributed by atoms with E-state index in [-0.39, 0.29) is 0 Å². The Labute approximate surface area is 136 Å². The smallest absolute Gasteiger partial charge is 0.191 e. The van der Waals surface area contributed by atoms with Crippen molar-refractivity contribution in [1.82, 2.24) is 15.5 Å². The molecule has 22 heavy (non-hydrogen) atoms. The average Bonchev–Trinajstić information content (AvgIpc) is 2.82. The van der Waals surface area contributed by atoms with Crippen LogP contribution in [0.2, 0.25) is 0 Å². The van der Waals surface area contributed by atoms with Gasteiger partial charge < -0.3 is 15.4 Å². The normalized spacial score (nSPS) is 23.5. The van der Waals surface area contributed by atoms with Crippen LogP contribution in [-0.4, -0.2) is 62.8 Å². The van der Waals surface area contributed by atoms with E-state index in [1.54, 1.807) is 0 Å². The Kier molecular flexibility index (Phi) is 8.79. The molecule has 2 atom stereocenters. The van der Waals surface area contributed by atoms with Crippen molar-refractivity contribution in [3.8, 4) is 0 Å². The average molecular weight is 313 g/mol. The Morgan fingerprint density at radius 3 is 2.55 bits per heavy atom. The highest BCUT2D eigenvalue weighted by Gasteiger charge is 2.31. The summed E-state index contributed by atoms with van der Waals surface area (Å²) in [7, 11) is 1.84. The van der Waals surface area contributed by atoms with Crippen molar-refractivity contribution >= 4 is 5.96 Å². The van der Waals surface area contributed by atoms with Gasteiger partial charge >= 0.3 is 0 Å². The van der Waals surface area contributed by atoms with Crippen molar-refractivity contribution < 1.29 is 4.74 Å². The number of hydrogen-bond donors (Lipinski definition) is 2. The lowest BCUT2D eigenvalue weighted by Crippen LogP contribution is -2.47. The Bertz CT molecular complexity index is 331. The molecule has 1 aliphatic heterocycles. The first kappa shape index (κ1) is 19.2. The van der Waals surface area contributed by atoms with Crippen LogP contribution in [0.5, 0.6) is 0 Å². The van der Waals surface area contributed by atoms with Crippen molar-refractivity contribution in [1.29, 1.82) is 0 Å². The van der Waals surface area contributed by atoms with Crippen molar-refractivity contribution in [3.63, 3.8) is 0 Å². The monoisotopic (exact) mass is 312 g/mol. The summed E-state index contributed by atoms with van der Waals surface area (Å²) >= 11 is 0. The maximum absolute atomic E-state index is 5.59. The Morgan fingerprint density at radius 1 is 1.27 bits per heavy atom. The molecule has 0 amide bonds. The summed E-state index contributed by atoms with van der Waals surface area (Å²) in [5, 5.41) is 6.96. The third-order valence-electron chi connectivity index (χ3n) is 4.13. The number of nitrogens with one attached hydrogen (secondary N) is 2. The lowest BCUT2D eigenvalue weighted by molar-refractivity contribution is 0.108. The first-order valence-electron chi connectivity index (χ1n) is 8.73. The maximum Gasteiger partial charge on any atom is 0.191 e. The minimum absolute atomic E-state index is 0.478. The molecule has 1 rings (SSSR count). The van der Waals surface area contributed by atoms with Gasteiger partial charge in [0.2, 0.25) is 0 Å². The fourth-order valence-corrected chi connectivity index (χ4v) is 2.68. The van der Waals surface area contributed by atoms with E-state index in [4.69, 9.17) is 4.74 Å². The van der Waals surface area contributed by atoms with Crippen LogP contribution in [0.25, 0.3) is 0 Å². The van der Waals surface area contributed by atoms with E-state index in [1.165, 1.54) is 0 Å². The van der Waals surface area contributed by atoms with Gasteiger partial charge in [0.25, 0.3) is 0 Å². The van der Waals surface area contributed by atoms with Crippen molar-refractivity contribution in [2.24, 2.45) is 16.8 Å². The van der Waals surface area contributed by atoms with Gasteiger partial charge in [-0.25, -0.2) is 0 Å². The lowest BCUT2D eigenvalue weighted by Gasteiger charge is -2.22. The Hall–Kier alpha value is -0.810. The molecule has 1 fully saturated rings. The van der Waals surface area contributed by atoms with Gasteiger partial charge in [-0.2, -0.15) is 0 Å². The van der Waals surface area contributed by atoms with Crippen LogP contribution in [-0.2, 0) is 4.74 Å². The predicted molar refractivity (Wildman–Crippen MR) is 94.4 cm³/mol. The van der Waals surface area contributed by atoms with Crippen molar-refractivity contribution in [3.05, 3.63) is 0 Å². The number of nitrogens with zero attached hydrogens (tertiary/aromatic N) is 2. The zero-order chi connectivity index (χ0) is 16.5. The van der Waals surface area contributed by atoms with Gasteiger partial charge in [0.15, 0.2) is 5.96 Å². The first-order valence-corrected chi connectivity index (χ1v) is 8.73. The van der Waals surface area contributed by atoms with Crippen LogP contribution in [0, 0.1) is 11.8 Å². The number of hydrogen-bond acceptors (Lipinski definition) is 3. The number of aliphatic imine (C=N–C) groups is 1. The fourth-order valence-electron chi connectivity index (χ4n) is 2.68. The largest absolute Gasteiger partial charge is 0.381 e. The highest BCUT2D eigenvalue weighted by molar-refractivity contribution is 5.80. The molecule has 0 spiro atoms. The van der Waals surface area contributed by atoms with Crippen molar-refractivity contribution in [2.75, 3.05) is 39.9 Å².